The molecule has 0 aromatic carbocycles. The Balaban J connectivity index is 1.98. The van der Waals surface area contributed by atoms with Crippen LogP contribution in [0.5, 0.6) is 5.88 Å². The molecule has 3 nitrogen and oxygen atoms in total. The highest BCUT2D eigenvalue weighted by Gasteiger charge is 1.98. The molecule has 0 fully saturated rings. The van der Waals surface area contributed by atoms with E-state index < -0.39 is 0 Å². The van der Waals surface area contributed by atoms with Crippen molar-refractivity contribution < 1.29 is 4.74 Å². The molecule has 2 rings (SSSR count). The molecule has 0 aliphatic carbocycles. The van der Waals surface area contributed by atoms with Crippen LogP contribution in [-0.2, 0) is 6.61 Å². The largest absolute Gasteiger partial charge is 0.472 e. The van der Waals surface area contributed by atoms with E-state index in [0.29, 0.717) is 12.5 Å². The number of thiazole rings is 1. The second kappa shape index (κ2) is 4.19. The first-order valence-electron chi connectivity index (χ1n) is 4.28. The van der Waals surface area contributed by atoms with Gasteiger partial charge in [-0.25, -0.2) is 4.98 Å². The fraction of sp³-hybridized carbons (Fsp3) is 0.200. The summed E-state index contributed by atoms with van der Waals surface area (Å²) in [6.45, 7) is 2.49. The second-order valence-electron chi connectivity index (χ2n) is 2.87. The van der Waals surface area contributed by atoms with E-state index in [1.165, 1.54) is 0 Å². The Labute approximate surface area is 86.4 Å². The summed E-state index contributed by atoms with van der Waals surface area (Å²) in [5.41, 5.74) is 2.76. The van der Waals surface area contributed by atoms with Crippen LogP contribution in [0.25, 0.3) is 0 Å². The lowest BCUT2D eigenvalue weighted by atomic mass is 10.4. The Morgan fingerprint density at radius 3 is 3.07 bits per heavy atom. The second-order valence-corrected chi connectivity index (χ2v) is 3.84. The molecule has 0 amide bonds. The first-order valence-corrected chi connectivity index (χ1v) is 5.16. The molecule has 0 aliphatic heterocycles. The maximum atomic E-state index is 5.49. The Morgan fingerprint density at radius 2 is 2.36 bits per heavy atom. The fourth-order valence-corrected chi connectivity index (χ4v) is 1.56. The van der Waals surface area contributed by atoms with E-state index in [1.54, 1.807) is 23.0 Å². The monoisotopic (exact) mass is 206 g/mol. The van der Waals surface area contributed by atoms with Crippen molar-refractivity contribution in [3.05, 3.63) is 40.5 Å². The highest BCUT2D eigenvalue weighted by atomic mass is 32.1. The van der Waals surface area contributed by atoms with Crippen molar-refractivity contribution in [2.45, 2.75) is 13.5 Å². The number of hydrogen-bond acceptors (Lipinski definition) is 4. The predicted octanol–water partition coefficient (Wildman–Crippen LogP) is 2.43. The Bertz CT molecular complexity index is 400. The predicted molar refractivity (Wildman–Crippen MR) is 55.4 cm³/mol. The molecule has 14 heavy (non-hydrogen) atoms. The Kier molecular flexibility index (Phi) is 2.74. The van der Waals surface area contributed by atoms with Crippen LogP contribution in [0, 0.1) is 6.92 Å². The summed E-state index contributed by atoms with van der Waals surface area (Å²) in [7, 11) is 0. The third-order valence-electron chi connectivity index (χ3n) is 1.71. The maximum absolute atomic E-state index is 5.49. The standard InChI is InChI=1S/C10H10N2OS/c1-8-3-2-4-10(12-8)13-6-9-5-11-7-14-9/h2-5,7H,6H2,1H3. The number of nitrogens with zero attached hydrogens (tertiary/aromatic N) is 2. The molecule has 0 saturated carbocycles. The van der Waals surface area contributed by atoms with Crippen molar-refractivity contribution in [1.82, 2.24) is 9.97 Å². The van der Waals surface area contributed by atoms with Gasteiger partial charge >= 0.3 is 0 Å². The summed E-state index contributed by atoms with van der Waals surface area (Å²) < 4.78 is 5.49. The molecule has 0 unspecified atom stereocenters. The zero-order valence-corrected chi connectivity index (χ0v) is 8.62. The lowest BCUT2D eigenvalue weighted by Crippen LogP contribution is -1.95. The summed E-state index contributed by atoms with van der Waals surface area (Å²) in [6, 6.07) is 5.73. The van der Waals surface area contributed by atoms with Crippen molar-refractivity contribution in [2.75, 3.05) is 0 Å². The van der Waals surface area contributed by atoms with Gasteiger partial charge in [0.05, 0.1) is 10.4 Å². The topological polar surface area (TPSA) is 35.0 Å². The lowest BCUT2D eigenvalue weighted by molar-refractivity contribution is 0.296. The van der Waals surface area contributed by atoms with Crippen LogP contribution in [0.3, 0.4) is 0 Å². The van der Waals surface area contributed by atoms with Gasteiger partial charge in [0.2, 0.25) is 5.88 Å². The van der Waals surface area contributed by atoms with Crippen LogP contribution in [0.1, 0.15) is 10.6 Å². The summed E-state index contributed by atoms with van der Waals surface area (Å²) >= 11 is 1.58. The van der Waals surface area contributed by atoms with Gasteiger partial charge in [-0.2, -0.15) is 0 Å². The zero-order valence-electron chi connectivity index (χ0n) is 7.80. The molecular weight excluding hydrogens is 196 g/mol. The number of rotatable bonds is 3. The average Bonchev–Trinajstić information content (AvgIpc) is 2.67. The van der Waals surface area contributed by atoms with Crippen LogP contribution in [0.15, 0.2) is 29.9 Å². The Hall–Kier alpha value is -1.42. The summed E-state index contributed by atoms with van der Waals surface area (Å²) in [4.78, 5) is 9.31. The molecule has 2 aromatic heterocycles. The normalized spacial score (nSPS) is 10.1. The fourth-order valence-electron chi connectivity index (χ4n) is 1.06. The number of ether oxygens (including phenoxy) is 1. The van der Waals surface area contributed by atoms with Gasteiger partial charge in [0.25, 0.3) is 0 Å². The van der Waals surface area contributed by atoms with E-state index in [-0.39, 0.29) is 0 Å². The molecule has 0 atom stereocenters. The highest BCUT2D eigenvalue weighted by Crippen LogP contribution is 2.11. The van der Waals surface area contributed by atoms with Gasteiger partial charge in [0, 0.05) is 18.0 Å². The van der Waals surface area contributed by atoms with E-state index >= 15 is 0 Å². The van der Waals surface area contributed by atoms with Gasteiger partial charge < -0.3 is 4.74 Å². The van der Waals surface area contributed by atoms with E-state index in [9.17, 15) is 0 Å². The summed E-state index contributed by atoms with van der Waals surface area (Å²) in [6.07, 6.45) is 1.81. The average molecular weight is 206 g/mol. The van der Waals surface area contributed by atoms with Gasteiger partial charge in [0.15, 0.2) is 0 Å². The van der Waals surface area contributed by atoms with Crippen LogP contribution in [-0.4, -0.2) is 9.97 Å². The SMILES string of the molecule is Cc1cccc(OCc2cncs2)n1. The van der Waals surface area contributed by atoms with Crippen LogP contribution >= 0.6 is 11.3 Å². The van der Waals surface area contributed by atoms with Crippen molar-refractivity contribution >= 4 is 11.3 Å². The van der Waals surface area contributed by atoms with E-state index in [0.717, 1.165) is 10.6 Å². The molecule has 2 heterocycles. The quantitative estimate of drug-likeness (QED) is 0.773. The minimum atomic E-state index is 0.543. The van der Waals surface area contributed by atoms with E-state index in [4.69, 9.17) is 4.74 Å². The van der Waals surface area contributed by atoms with E-state index in [2.05, 4.69) is 9.97 Å². The number of pyridine rings is 1. The highest BCUT2D eigenvalue weighted by molar-refractivity contribution is 7.09. The van der Waals surface area contributed by atoms with E-state index in [1.807, 2.05) is 25.1 Å². The third-order valence-corrected chi connectivity index (χ3v) is 2.46. The van der Waals surface area contributed by atoms with Crippen LogP contribution < -0.4 is 4.74 Å². The molecule has 0 saturated heterocycles. The first-order chi connectivity index (χ1) is 6.84. The van der Waals surface area contributed by atoms with Crippen molar-refractivity contribution in [3.8, 4) is 5.88 Å². The molecule has 0 aliphatic rings. The first kappa shape index (κ1) is 9.15. The Morgan fingerprint density at radius 1 is 1.43 bits per heavy atom. The van der Waals surface area contributed by atoms with Gasteiger partial charge in [-0.1, -0.05) is 6.07 Å². The summed E-state index contributed by atoms with van der Waals surface area (Å²) in [5, 5.41) is 0. The third kappa shape index (κ3) is 2.29. The molecule has 0 N–H and O–H groups in total. The molecule has 0 radical (unpaired) electrons. The van der Waals surface area contributed by atoms with Gasteiger partial charge in [0.1, 0.15) is 6.61 Å². The number of hydrogen-bond donors (Lipinski definition) is 0. The number of aryl methyl sites for hydroxylation is 1. The van der Waals surface area contributed by atoms with Crippen molar-refractivity contribution in [3.63, 3.8) is 0 Å². The molecule has 4 heteroatoms. The molecule has 0 spiro atoms. The molecule has 2 aromatic rings. The van der Waals surface area contributed by atoms with Crippen molar-refractivity contribution in [1.29, 1.82) is 0 Å². The summed E-state index contributed by atoms with van der Waals surface area (Å²) in [5.74, 6) is 0.665. The molecule has 72 valence electrons. The maximum Gasteiger partial charge on any atom is 0.213 e. The zero-order chi connectivity index (χ0) is 9.80. The smallest absolute Gasteiger partial charge is 0.213 e. The lowest BCUT2D eigenvalue weighted by Gasteiger charge is -2.02. The van der Waals surface area contributed by atoms with Crippen LogP contribution in [0.4, 0.5) is 0 Å². The van der Waals surface area contributed by atoms with Gasteiger partial charge in [-0.05, 0) is 13.0 Å². The minimum Gasteiger partial charge on any atom is -0.472 e. The van der Waals surface area contributed by atoms with Gasteiger partial charge in [-0.15, -0.1) is 11.3 Å². The van der Waals surface area contributed by atoms with Gasteiger partial charge in [-0.3, -0.25) is 4.98 Å². The van der Waals surface area contributed by atoms with Crippen LogP contribution in [0.2, 0.25) is 0 Å². The van der Waals surface area contributed by atoms with Crippen molar-refractivity contribution in [2.24, 2.45) is 0 Å². The molecule has 0 bridgehead atoms. The molecular formula is C10H10N2OS. The minimum absolute atomic E-state index is 0.543. The number of aromatic nitrogens is 2.